The van der Waals surface area contributed by atoms with Crippen molar-refractivity contribution in [1.82, 2.24) is 15.3 Å². The minimum atomic E-state index is -0.802. The van der Waals surface area contributed by atoms with Gasteiger partial charge >= 0.3 is 0 Å². The van der Waals surface area contributed by atoms with Crippen molar-refractivity contribution in [1.29, 1.82) is 0 Å². The first-order valence-electron chi connectivity index (χ1n) is 6.37. The molecule has 0 aliphatic heterocycles. The maximum atomic E-state index is 13.7. The number of benzene rings is 1. The third kappa shape index (κ3) is 3.71. The van der Waals surface area contributed by atoms with Crippen molar-refractivity contribution in [3.8, 4) is 0 Å². The van der Waals surface area contributed by atoms with Gasteiger partial charge in [-0.2, -0.15) is 0 Å². The van der Waals surface area contributed by atoms with Gasteiger partial charge in [0, 0.05) is 18.3 Å². The van der Waals surface area contributed by atoms with Gasteiger partial charge in [-0.15, -0.1) is 0 Å². The van der Waals surface area contributed by atoms with Crippen LogP contribution in [-0.4, -0.2) is 22.4 Å². The fraction of sp³-hybridized carbons (Fsp3) is 0.214. The number of carbonyl (C=O) groups excluding carboxylic acids is 1. The lowest BCUT2D eigenvalue weighted by Crippen LogP contribution is -2.23. The number of halogens is 2. The Hall–Kier alpha value is -2.57. The van der Waals surface area contributed by atoms with Gasteiger partial charge in [-0.3, -0.25) is 4.79 Å². The number of rotatable bonds is 5. The fourth-order valence-electron chi connectivity index (χ4n) is 1.75. The van der Waals surface area contributed by atoms with Crippen LogP contribution in [0.3, 0.4) is 0 Å². The van der Waals surface area contributed by atoms with Gasteiger partial charge in [-0.05, 0) is 25.1 Å². The number of amides is 1. The average Bonchev–Trinajstić information content (AvgIpc) is 2.49. The summed E-state index contributed by atoms with van der Waals surface area (Å²) < 4.78 is 27.4. The molecule has 2 N–H and O–H groups in total. The maximum absolute atomic E-state index is 13.7. The molecule has 5 nitrogen and oxygen atoms in total. The van der Waals surface area contributed by atoms with Crippen LogP contribution in [-0.2, 0) is 6.54 Å². The van der Waals surface area contributed by atoms with E-state index in [4.69, 9.17) is 0 Å². The second-order valence-corrected chi connectivity index (χ2v) is 4.23. The van der Waals surface area contributed by atoms with E-state index in [2.05, 4.69) is 20.6 Å². The van der Waals surface area contributed by atoms with Gasteiger partial charge in [0.2, 0.25) is 0 Å². The number of anilines is 1. The molecule has 0 atom stereocenters. The molecule has 0 saturated carbocycles. The number of carbonyl (C=O) groups is 1. The van der Waals surface area contributed by atoms with Crippen LogP contribution < -0.4 is 10.6 Å². The molecule has 0 bridgehead atoms. The first-order chi connectivity index (χ1) is 10.1. The first-order valence-corrected chi connectivity index (χ1v) is 6.37. The van der Waals surface area contributed by atoms with Crippen LogP contribution in [0.4, 0.5) is 14.5 Å². The van der Waals surface area contributed by atoms with Crippen molar-refractivity contribution in [2.24, 2.45) is 0 Å². The molecule has 2 aromatic rings. The Kier molecular flexibility index (Phi) is 4.76. The highest BCUT2D eigenvalue weighted by molar-refractivity contribution is 5.94. The molecule has 1 aromatic heterocycles. The van der Waals surface area contributed by atoms with Crippen LogP contribution >= 0.6 is 0 Å². The van der Waals surface area contributed by atoms with Crippen molar-refractivity contribution >= 4 is 11.6 Å². The lowest BCUT2D eigenvalue weighted by atomic mass is 10.1. The molecule has 1 amide bonds. The Labute approximate surface area is 120 Å². The summed E-state index contributed by atoms with van der Waals surface area (Å²) in [6.45, 7) is 2.26. The van der Waals surface area contributed by atoms with Gasteiger partial charge in [-0.25, -0.2) is 18.7 Å². The number of hydrogen-bond donors (Lipinski definition) is 2. The van der Waals surface area contributed by atoms with Crippen LogP contribution in [0.15, 0.2) is 30.7 Å². The summed E-state index contributed by atoms with van der Waals surface area (Å²) in [6.07, 6.45) is 2.89. The predicted molar refractivity (Wildman–Crippen MR) is 73.7 cm³/mol. The molecular formula is C14H14F2N4O. The number of nitrogens with one attached hydrogen (secondary N) is 2. The van der Waals surface area contributed by atoms with Gasteiger partial charge in [0.1, 0.15) is 23.6 Å². The van der Waals surface area contributed by atoms with Gasteiger partial charge in [0.15, 0.2) is 0 Å². The van der Waals surface area contributed by atoms with Crippen LogP contribution in [0.25, 0.3) is 0 Å². The standard InChI is InChI=1S/C14H14F2N4O/c1-2-18-13-11(15)5-9(6-12(13)16)14(21)19-7-10-3-4-17-8-20-10/h3-6,8,18H,2,7H2,1H3,(H,19,21). The van der Waals surface area contributed by atoms with E-state index in [0.717, 1.165) is 12.1 Å². The minimum Gasteiger partial charge on any atom is -0.381 e. The van der Waals surface area contributed by atoms with Crippen molar-refractivity contribution in [2.45, 2.75) is 13.5 Å². The summed E-state index contributed by atoms with van der Waals surface area (Å²) in [5.41, 5.74) is 0.286. The zero-order valence-electron chi connectivity index (χ0n) is 11.4. The molecule has 0 saturated heterocycles. The largest absolute Gasteiger partial charge is 0.381 e. The Balaban J connectivity index is 2.09. The zero-order valence-corrected chi connectivity index (χ0v) is 11.4. The quantitative estimate of drug-likeness (QED) is 0.886. The van der Waals surface area contributed by atoms with Gasteiger partial charge in [0.25, 0.3) is 5.91 Å². The highest BCUT2D eigenvalue weighted by atomic mass is 19.1. The summed E-state index contributed by atoms with van der Waals surface area (Å²) in [5, 5.41) is 5.11. The third-order valence-electron chi connectivity index (χ3n) is 2.73. The second kappa shape index (κ2) is 6.74. The summed E-state index contributed by atoms with van der Waals surface area (Å²) in [7, 11) is 0. The maximum Gasteiger partial charge on any atom is 0.251 e. The Bertz CT molecular complexity index is 611. The molecule has 0 aliphatic carbocycles. The topological polar surface area (TPSA) is 66.9 Å². The molecule has 21 heavy (non-hydrogen) atoms. The highest BCUT2D eigenvalue weighted by Gasteiger charge is 2.14. The van der Waals surface area contributed by atoms with Crippen molar-refractivity contribution in [3.63, 3.8) is 0 Å². The van der Waals surface area contributed by atoms with E-state index in [1.54, 1.807) is 19.2 Å². The molecule has 2 rings (SSSR count). The Morgan fingerprint density at radius 2 is 2.00 bits per heavy atom. The van der Waals surface area contributed by atoms with Gasteiger partial charge < -0.3 is 10.6 Å². The van der Waals surface area contributed by atoms with Gasteiger partial charge in [-0.1, -0.05) is 0 Å². The van der Waals surface area contributed by atoms with Crippen LogP contribution in [0, 0.1) is 11.6 Å². The second-order valence-electron chi connectivity index (χ2n) is 4.23. The SMILES string of the molecule is CCNc1c(F)cc(C(=O)NCc2ccncn2)cc1F. The summed E-state index contributed by atoms with van der Waals surface area (Å²) in [5.74, 6) is -2.18. The van der Waals surface area contributed by atoms with Crippen molar-refractivity contribution < 1.29 is 13.6 Å². The molecule has 0 fully saturated rings. The fourth-order valence-corrected chi connectivity index (χ4v) is 1.75. The van der Waals surface area contributed by atoms with Crippen LogP contribution in [0.2, 0.25) is 0 Å². The van der Waals surface area contributed by atoms with E-state index < -0.39 is 17.5 Å². The van der Waals surface area contributed by atoms with E-state index in [1.807, 2.05) is 0 Å². The average molecular weight is 292 g/mol. The molecule has 0 spiro atoms. The summed E-state index contributed by atoms with van der Waals surface area (Å²) in [4.78, 5) is 19.6. The molecular weight excluding hydrogens is 278 g/mol. The monoisotopic (exact) mass is 292 g/mol. The summed E-state index contributed by atoms with van der Waals surface area (Å²) >= 11 is 0. The molecule has 110 valence electrons. The smallest absolute Gasteiger partial charge is 0.251 e. The molecule has 0 aliphatic rings. The number of nitrogens with zero attached hydrogens (tertiary/aromatic N) is 2. The van der Waals surface area contributed by atoms with E-state index in [1.165, 1.54) is 6.33 Å². The molecule has 1 heterocycles. The highest BCUT2D eigenvalue weighted by Crippen LogP contribution is 2.20. The molecule has 1 aromatic carbocycles. The van der Waals surface area contributed by atoms with E-state index in [9.17, 15) is 13.6 Å². The third-order valence-corrected chi connectivity index (χ3v) is 2.73. The lowest BCUT2D eigenvalue weighted by molar-refractivity contribution is 0.0949. The Morgan fingerprint density at radius 3 is 2.57 bits per heavy atom. The normalized spacial score (nSPS) is 10.2. The summed E-state index contributed by atoms with van der Waals surface area (Å²) in [6, 6.07) is 3.63. The van der Waals surface area contributed by atoms with E-state index in [0.29, 0.717) is 12.2 Å². The Morgan fingerprint density at radius 1 is 1.29 bits per heavy atom. The minimum absolute atomic E-state index is 0.0827. The molecule has 0 unspecified atom stereocenters. The number of hydrogen-bond acceptors (Lipinski definition) is 4. The van der Waals surface area contributed by atoms with E-state index >= 15 is 0 Å². The van der Waals surface area contributed by atoms with E-state index in [-0.39, 0.29) is 17.8 Å². The number of aromatic nitrogens is 2. The van der Waals surface area contributed by atoms with Crippen LogP contribution in [0.5, 0.6) is 0 Å². The first kappa shape index (κ1) is 14.8. The zero-order chi connectivity index (χ0) is 15.2. The molecule has 7 heteroatoms. The predicted octanol–water partition coefficient (Wildman–Crippen LogP) is 2.12. The van der Waals surface area contributed by atoms with Crippen molar-refractivity contribution in [3.05, 3.63) is 53.6 Å². The van der Waals surface area contributed by atoms with Gasteiger partial charge in [0.05, 0.1) is 12.2 Å². The van der Waals surface area contributed by atoms with Crippen LogP contribution in [0.1, 0.15) is 23.0 Å². The lowest BCUT2D eigenvalue weighted by Gasteiger charge is -2.09. The van der Waals surface area contributed by atoms with Crippen molar-refractivity contribution in [2.75, 3.05) is 11.9 Å². The molecule has 0 radical (unpaired) electrons.